The van der Waals surface area contributed by atoms with Crippen molar-refractivity contribution in [3.63, 3.8) is 0 Å². The zero-order chi connectivity index (χ0) is 65.5. The summed E-state index contributed by atoms with van der Waals surface area (Å²) in [5.41, 5.74) is 0. The fraction of sp³-hybridized carbons (Fsp3) is 0.864. The van der Waals surface area contributed by atoms with Gasteiger partial charge >= 0.3 is 7.82 Å². The molecular weight excluding hydrogens is 1130 g/mol. The third-order valence-electron chi connectivity index (χ3n) is 18.2. The number of unbranched alkanes of at least 4 members (excludes halogenated alkanes) is 53. The van der Waals surface area contributed by atoms with Crippen molar-refractivity contribution in [3.05, 3.63) is 60.8 Å². The Kier molecular flexibility index (Phi) is 70.1. The van der Waals surface area contributed by atoms with Gasteiger partial charge in [-0.3, -0.25) is 13.8 Å². The van der Waals surface area contributed by atoms with E-state index in [0.717, 1.165) is 51.4 Å². The van der Waals surface area contributed by atoms with Gasteiger partial charge in [0.2, 0.25) is 5.91 Å². The molecule has 3 atom stereocenters. The van der Waals surface area contributed by atoms with Gasteiger partial charge in [-0.05, 0) is 77.0 Å². The molecule has 0 bridgehead atoms. The summed E-state index contributed by atoms with van der Waals surface area (Å²) < 4.78 is 23.8. The van der Waals surface area contributed by atoms with Crippen LogP contribution in [0.5, 0.6) is 0 Å². The van der Waals surface area contributed by atoms with E-state index in [-0.39, 0.29) is 19.1 Å². The lowest BCUT2D eigenvalue weighted by molar-refractivity contribution is -0.870. The molecule has 0 radical (unpaired) electrons. The maximum Gasteiger partial charge on any atom is 0.472 e. The molecule has 0 fully saturated rings. The molecule has 3 N–H and O–H groups in total. The number of quaternary nitrogens is 1. The van der Waals surface area contributed by atoms with Crippen molar-refractivity contribution < 1.29 is 32.9 Å². The molecule has 0 heterocycles. The number of carbonyl (C=O) groups excluding carboxylic acids is 1. The zero-order valence-corrected chi connectivity index (χ0v) is 61.8. The largest absolute Gasteiger partial charge is 0.472 e. The van der Waals surface area contributed by atoms with Crippen LogP contribution < -0.4 is 5.32 Å². The SMILES string of the molecule is CCCCCCC/C=C\C/C=C\CCCCCCCCCCCCCCCCCCCCCCCCCCCC(=O)NC(COP(=O)(O)OCC[N+](C)(C)C)C(O)/C=C/CC/C=C/CC/C=C/CCCCCCCCCCCCCCCCCCCCCCC. The van der Waals surface area contributed by atoms with Crippen molar-refractivity contribution in [2.24, 2.45) is 0 Å². The predicted octanol–water partition coefficient (Wildman–Crippen LogP) is 25.9. The van der Waals surface area contributed by atoms with E-state index in [1.165, 1.54) is 327 Å². The Hall–Kier alpha value is -1.80. The van der Waals surface area contributed by atoms with Gasteiger partial charge in [0.1, 0.15) is 13.2 Å². The smallest absolute Gasteiger partial charge is 0.387 e. The Balaban J connectivity index is 4.00. The van der Waals surface area contributed by atoms with Crippen LogP contribution in [0.1, 0.15) is 399 Å². The van der Waals surface area contributed by atoms with E-state index in [4.69, 9.17) is 9.05 Å². The summed E-state index contributed by atoms with van der Waals surface area (Å²) in [6.45, 7) is 4.83. The van der Waals surface area contributed by atoms with Gasteiger partial charge < -0.3 is 19.8 Å². The molecule has 530 valence electrons. The first kappa shape index (κ1) is 88.2. The molecule has 0 aromatic rings. The van der Waals surface area contributed by atoms with Crippen molar-refractivity contribution in [2.75, 3.05) is 40.9 Å². The van der Waals surface area contributed by atoms with E-state index in [1.807, 2.05) is 27.2 Å². The monoisotopic (exact) mass is 1280 g/mol. The Bertz CT molecular complexity index is 1650. The molecule has 0 aliphatic heterocycles. The van der Waals surface area contributed by atoms with Gasteiger partial charge in [0.25, 0.3) is 0 Å². The maximum absolute atomic E-state index is 13.1. The number of rotatable bonds is 74. The normalized spacial score (nSPS) is 13.8. The number of nitrogens with zero attached hydrogens (tertiary/aromatic N) is 1. The van der Waals surface area contributed by atoms with E-state index in [0.29, 0.717) is 17.4 Å². The molecule has 0 saturated carbocycles. The van der Waals surface area contributed by atoms with Crippen LogP contribution in [-0.2, 0) is 18.4 Å². The number of hydrogen-bond donors (Lipinski definition) is 3. The average molecular weight is 1290 g/mol. The highest BCUT2D eigenvalue weighted by atomic mass is 31.2. The topological polar surface area (TPSA) is 105 Å². The first-order valence-electron chi connectivity index (χ1n) is 39.7. The first-order chi connectivity index (χ1) is 44.0. The number of amides is 1. The summed E-state index contributed by atoms with van der Waals surface area (Å²) in [5, 5.41) is 14.0. The highest BCUT2D eigenvalue weighted by Crippen LogP contribution is 2.43. The minimum Gasteiger partial charge on any atom is -0.387 e. The summed E-state index contributed by atoms with van der Waals surface area (Å²) >= 11 is 0. The Morgan fingerprint density at radius 1 is 0.378 bits per heavy atom. The summed E-state index contributed by atoms with van der Waals surface area (Å²) in [6.07, 6.45) is 100.0. The lowest BCUT2D eigenvalue weighted by Gasteiger charge is -2.25. The number of likely N-dealkylation sites (N-methyl/N-ethyl adjacent to an activating group) is 1. The molecule has 1 amide bonds. The molecule has 0 rings (SSSR count). The lowest BCUT2D eigenvalue weighted by Crippen LogP contribution is -2.45. The standard InChI is InChI=1S/C81H155N2O6P/c1-6-8-10-12-14-16-18-20-22-24-26-28-30-32-34-36-38-39-40-41-42-43-45-47-49-51-53-55-57-59-61-63-65-67-69-71-73-75-81(85)82-79(78-89-90(86,87)88-77-76-83(3,4)5)80(84)74-72-70-68-66-64-62-60-58-56-54-52-50-48-46-44-37-35-33-31-29-27-25-23-21-19-17-15-13-11-9-7-2/h18,20,24,26,56,58,64,66,72,74,79-80,84H,6-17,19,21-23,25,27-55,57,59-63,65,67-71,73,75-78H2,1-5H3,(H-,82,85,86,87)/p+1/b20-18-,26-24-,58-56+,66-64+,74-72+. The van der Waals surface area contributed by atoms with Crippen LogP contribution in [0.2, 0.25) is 0 Å². The number of allylic oxidation sites excluding steroid dienone is 9. The van der Waals surface area contributed by atoms with Crippen molar-refractivity contribution in [1.29, 1.82) is 0 Å². The highest BCUT2D eigenvalue weighted by Gasteiger charge is 2.28. The van der Waals surface area contributed by atoms with E-state index >= 15 is 0 Å². The van der Waals surface area contributed by atoms with Crippen LogP contribution in [0.15, 0.2) is 60.8 Å². The maximum atomic E-state index is 13.1. The fourth-order valence-corrected chi connectivity index (χ4v) is 12.8. The van der Waals surface area contributed by atoms with Crippen LogP contribution >= 0.6 is 7.82 Å². The Morgan fingerprint density at radius 3 is 0.956 bits per heavy atom. The van der Waals surface area contributed by atoms with Crippen molar-refractivity contribution in [1.82, 2.24) is 5.32 Å². The molecule has 0 aromatic heterocycles. The lowest BCUT2D eigenvalue weighted by atomic mass is 10.0. The molecular formula is C81H156N2O6P+. The molecule has 90 heavy (non-hydrogen) atoms. The van der Waals surface area contributed by atoms with Crippen LogP contribution in [0, 0.1) is 0 Å². The van der Waals surface area contributed by atoms with Crippen molar-refractivity contribution in [3.8, 4) is 0 Å². The second-order valence-corrected chi connectivity index (χ2v) is 29.9. The van der Waals surface area contributed by atoms with Crippen LogP contribution in [0.25, 0.3) is 0 Å². The van der Waals surface area contributed by atoms with Crippen molar-refractivity contribution in [2.45, 2.75) is 411 Å². The van der Waals surface area contributed by atoms with Crippen LogP contribution in [0.4, 0.5) is 0 Å². The zero-order valence-electron chi connectivity index (χ0n) is 60.9. The number of aliphatic hydroxyl groups is 1. The number of phosphoric ester groups is 1. The fourth-order valence-electron chi connectivity index (χ4n) is 12.1. The predicted molar refractivity (Wildman–Crippen MR) is 397 cm³/mol. The third-order valence-corrected chi connectivity index (χ3v) is 19.2. The van der Waals surface area contributed by atoms with Crippen LogP contribution in [-0.4, -0.2) is 73.4 Å². The summed E-state index contributed by atoms with van der Waals surface area (Å²) in [5.74, 6) is -0.184. The quantitative estimate of drug-likeness (QED) is 0.0243. The van der Waals surface area contributed by atoms with Crippen molar-refractivity contribution >= 4 is 13.7 Å². The molecule has 0 aliphatic rings. The Labute approximate surface area is 562 Å². The summed E-state index contributed by atoms with van der Waals surface area (Å²) in [4.78, 5) is 23.5. The number of hydrogen-bond acceptors (Lipinski definition) is 5. The molecule has 0 saturated heterocycles. The number of nitrogens with one attached hydrogen (secondary N) is 1. The van der Waals surface area contributed by atoms with E-state index in [2.05, 4.69) is 67.8 Å². The minimum absolute atomic E-state index is 0.0542. The van der Waals surface area contributed by atoms with Gasteiger partial charge in [0.15, 0.2) is 0 Å². The van der Waals surface area contributed by atoms with Gasteiger partial charge in [-0.2, -0.15) is 0 Å². The molecule has 0 aromatic carbocycles. The second-order valence-electron chi connectivity index (χ2n) is 28.4. The number of phosphoric acid groups is 1. The van der Waals surface area contributed by atoms with Gasteiger partial charge in [-0.1, -0.05) is 376 Å². The Morgan fingerprint density at radius 2 is 0.644 bits per heavy atom. The third kappa shape index (κ3) is 73.6. The number of carbonyl (C=O) groups is 1. The molecule has 0 aliphatic carbocycles. The molecule has 8 nitrogen and oxygen atoms in total. The van der Waals surface area contributed by atoms with Gasteiger partial charge in [-0.15, -0.1) is 0 Å². The van der Waals surface area contributed by atoms with Gasteiger partial charge in [-0.25, -0.2) is 4.57 Å². The molecule has 9 heteroatoms. The van der Waals surface area contributed by atoms with E-state index in [1.54, 1.807) is 6.08 Å². The first-order valence-corrected chi connectivity index (χ1v) is 41.2. The molecule has 0 spiro atoms. The second kappa shape index (κ2) is 71.5. The summed E-state index contributed by atoms with van der Waals surface area (Å²) in [7, 11) is 1.56. The highest BCUT2D eigenvalue weighted by molar-refractivity contribution is 7.47. The summed E-state index contributed by atoms with van der Waals surface area (Å²) in [6, 6.07) is -0.872. The van der Waals surface area contributed by atoms with E-state index in [9.17, 15) is 19.4 Å². The van der Waals surface area contributed by atoms with Gasteiger partial charge in [0, 0.05) is 6.42 Å². The average Bonchev–Trinajstić information content (AvgIpc) is 3.18. The number of aliphatic hydroxyl groups excluding tert-OH is 1. The molecule has 3 unspecified atom stereocenters. The van der Waals surface area contributed by atoms with Crippen LogP contribution in [0.3, 0.4) is 0 Å². The van der Waals surface area contributed by atoms with E-state index < -0.39 is 20.0 Å². The minimum atomic E-state index is -4.37. The van der Waals surface area contributed by atoms with Gasteiger partial charge in [0.05, 0.1) is 39.9 Å².